The van der Waals surface area contributed by atoms with Crippen LogP contribution in [-0.4, -0.2) is 32.6 Å². The molecular formula is C19H19FN2O4. The van der Waals surface area contributed by atoms with Crippen LogP contribution < -0.4 is 19.7 Å². The third-order valence-corrected chi connectivity index (χ3v) is 4.31. The van der Waals surface area contributed by atoms with Gasteiger partial charge in [-0.15, -0.1) is 0 Å². The molecule has 6 nitrogen and oxygen atoms in total. The van der Waals surface area contributed by atoms with E-state index in [0.29, 0.717) is 17.2 Å². The number of carbonyl (C=O) groups is 2. The van der Waals surface area contributed by atoms with Gasteiger partial charge in [0.25, 0.3) is 0 Å². The van der Waals surface area contributed by atoms with Gasteiger partial charge in [-0.05, 0) is 24.3 Å². The van der Waals surface area contributed by atoms with E-state index in [1.54, 1.807) is 37.4 Å². The van der Waals surface area contributed by atoms with Crippen LogP contribution in [0, 0.1) is 11.7 Å². The highest BCUT2D eigenvalue weighted by atomic mass is 19.1. The molecule has 1 heterocycles. The summed E-state index contributed by atoms with van der Waals surface area (Å²) in [5.41, 5.74) is 0.671. The van der Waals surface area contributed by atoms with Gasteiger partial charge in [-0.3, -0.25) is 9.59 Å². The lowest BCUT2D eigenvalue weighted by molar-refractivity contribution is -0.122. The van der Waals surface area contributed by atoms with Gasteiger partial charge in [0.05, 0.1) is 31.5 Å². The number of carbonyl (C=O) groups excluding carboxylic acids is 2. The summed E-state index contributed by atoms with van der Waals surface area (Å²) in [6.07, 6.45) is 0.0511. The summed E-state index contributed by atoms with van der Waals surface area (Å²) in [4.78, 5) is 26.4. The van der Waals surface area contributed by atoms with E-state index in [1.807, 2.05) is 0 Å². The number of ether oxygens (including phenoxy) is 2. The number of amides is 2. The molecule has 1 saturated heterocycles. The zero-order valence-corrected chi connectivity index (χ0v) is 14.5. The summed E-state index contributed by atoms with van der Waals surface area (Å²) >= 11 is 0. The second-order valence-electron chi connectivity index (χ2n) is 5.91. The minimum Gasteiger partial charge on any atom is -0.497 e. The standard InChI is InChI=1S/C19H19FN2O4/c1-25-13-7-8-16(17(10-13)26-2)22-11-12(9-18(22)23)19(24)21-15-6-4-3-5-14(15)20/h3-8,10,12H,9,11H2,1-2H3,(H,21,24)/t12-/m0/s1. The van der Waals surface area contributed by atoms with Crippen LogP contribution >= 0.6 is 0 Å². The number of para-hydroxylation sites is 1. The van der Waals surface area contributed by atoms with Crippen LogP contribution in [0.2, 0.25) is 0 Å². The lowest BCUT2D eigenvalue weighted by Crippen LogP contribution is -2.28. The van der Waals surface area contributed by atoms with Crippen molar-refractivity contribution in [3.05, 3.63) is 48.3 Å². The smallest absolute Gasteiger partial charge is 0.229 e. The second-order valence-corrected chi connectivity index (χ2v) is 5.91. The molecule has 3 rings (SSSR count). The van der Waals surface area contributed by atoms with Crippen LogP contribution in [0.3, 0.4) is 0 Å². The van der Waals surface area contributed by atoms with E-state index in [2.05, 4.69) is 5.32 Å². The minimum atomic E-state index is -0.575. The summed E-state index contributed by atoms with van der Waals surface area (Å²) in [6.45, 7) is 0.196. The number of halogens is 1. The van der Waals surface area contributed by atoms with Crippen LogP contribution in [0.15, 0.2) is 42.5 Å². The average molecular weight is 358 g/mol. The summed E-state index contributed by atoms with van der Waals surface area (Å²) in [5, 5.41) is 2.55. The highest BCUT2D eigenvalue weighted by Crippen LogP contribution is 2.36. The topological polar surface area (TPSA) is 67.9 Å². The first-order valence-corrected chi connectivity index (χ1v) is 8.11. The van der Waals surface area contributed by atoms with Crippen LogP contribution in [-0.2, 0) is 9.59 Å². The molecule has 0 saturated carbocycles. The van der Waals surface area contributed by atoms with Gasteiger partial charge in [0.2, 0.25) is 11.8 Å². The number of nitrogens with zero attached hydrogens (tertiary/aromatic N) is 1. The summed E-state index contributed by atoms with van der Waals surface area (Å²) < 4.78 is 24.2. The van der Waals surface area contributed by atoms with E-state index in [-0.39, 0.29) is 24.6 Å². The molecule has 0 unspecified atom stereocenters. The summed E-state index contributed by atoms with van der Waals surface area (Å²) in [5.74, 6) is -0.590. The molecule has 0 aliphatic carbocycles. The van der Waals surface area contributed by atoms with Crippen molar-refractivity contribution in [2.45, 2.75) is 6.42 Å². The molecule has 2 aromatic rings. The zero-order chi connectivity index (χ0) is 18.7. The van der Waals surface area contributed by atoms with E-state index in [4.69, 9.17) is 9.47 Å². The predicted molar refractivity (Wildman–Crippen MR) is 95.0 cm³/mol. The Morgan fingerprint density at radius 1 is 1.19 bits per heavy atom. The first-order chi connectivity index (χ1) is 12.5. The Hall–Kier alpha value is -3.09. The number of nitrogens with one attached hydrogen (secondary N) is 1. The van der Waals surface area contributed by atoms with E-state index >= 15 is 0 Å². The summed E-state index contributed by atoms with van der Waals surface area (Å²) in [6, 6.07) is 11.0. The fraction of sp³-hybridized carbons (Fsp3) is 0.263. The molecule has 1 atom stereocenters. The van der Waals surface area contributed by atoms with Crippen molar-refractivity contribution in [2.75, 3.05) is 31.0 Å². The normalized spacial score (nSPS) is 16.5. The van der Waals surface area contributed by atoms with E-state index in [1.165, 1.54) is 24.1 Å². The molecule has 1 aliphatic rings. The Balaban J connectivity index is 1.76. The van der Waals surface area contributed by atoms with Crippen molar-refractivity contribution < 1.29 is 23.5 Å². The van der Waals surface area contributed by atoms with E-state index in [0.717, 1.165) is 0 Å². The monoisotopic (exact) mass is 358 g/mol. The van der Waals surface area contributed by atoms with Crippen molar-refractivity contribution in [3.63, 3.8) is 0 Å². The lowest BCUT2D eigenvalue weighted by Gasteiger charge is -2.20. The van der Waals surface area contributed by atoms with Crippen molar-refractivity contribution in [1.82, 2.24) is 0 Å². The van der Waals surface area contributed by atoms with Crippen LogP contribution in [0.1, 0.15) is 6.42 Å². The first-order valence-electron chi connectivity index (χ1n) is 8.11. The molecule has 1 fully saturated rings. The van der Waals surface area contributed by atoms with Crippen LogP contribution in [0.5, 0.6) is 11.5 Å². The van der Waals surface area contributed by atoms with Gasteiger partial charge in [0.1, 0.15) is 17.3 Å². The number of rotatable bonds is 5. The Labute approximate surface area is 150 Å². The molecule has 1 N–H and O–H groups in total. The van der Waals surface area contributed by atoms with Gasteiger partial charge in [0, 0.05) is 19.0 Å². The number of anilines is 2. The Morgan fingerprint density at radius 3 is 2.65 bits per heavy atom. The van der Waals surface area contributed by atoms with Gasteiger partial charge in [-0.2, -0.15) is 0 Å². The molecule has 136 valence electrons. The quantitative estimate of drug-likeness (QED) is 0.892. The van der Waals surface area contributed by atoms with Gasteiger partial charge < -0.3 is 19.7 Å². The first kappa shape index (κ1) is 17.7. The molecule has 2 aromatic carbocycles. The number of benzene rings is 2. The Kier molecular flexibility index (Phi) is 5.06. The van der Waals surface area contributed by atoms with E-state index < -0.39 is 17.6 Å². The highest BCUT2D eigenvalue weighted by Gasteiger charge is 2.36. The van der Waals surface area contributed by atoms with Crippen LogP contribution in [0.4, 0.5) is 15.8 Å². The number of hydrogen-bond acceptors (Lipinski definition) is 4. The second kappa shape index (κ2) is 7.43. The molecule has 7 heteroatoms. The van der Waals surface area contributed by atoms with Gasteiger partial charge >= 0.3 is 0 Å². The van der Waals surface area contributed by atoms with Crippen molar-refractivity contribution in [3.8, 4) is 11.5 Å². The minimum absolute atomic E-state index is 0.0511. The van der Waals surface area contributed by atoms with Crippen LogP contribution in [0.25, 0.3) is 0 Å². The van der Waals surface area contributed by atoms with Gasteiger partial charge in [0.15, 0.2) is 0 Å². The zero-order valence-electron chi connectivity index (χ0n) is 14.5. The molecule has 0 radical (unpaired) electrons. The maximum Gasteiger partial charge on any atom is 0.229 e. The van der Waals surface area contributed by atoms with Crippen molar-refractivity contribution >= 4 is 23.2 Å². The average Bonchev–Trinajstić information content (AvgIpc) is 3.04. The third kappa shape index (κ3) is 3.46. The number of hydrogen-bond donors (Lipinski definition) is 1. The highest BCUT2D eigenvalue weighted by molar-refractivity contribution is 6.04. The van der Waals surface area contributed by atoms with Crippen molar-refractivity contribution in [2.24, 2.45) is 5.92 Å². The SMILES string of the molecule is COc1ccc(N2C[C@@H](C(=O)Nc3ccccc3F)CC2=O)c(OC)c1. The molecular weight excluding hydrogens is 339 g/mol. The summed E-state index contributed by atoms with van der Waals surface area (Å²) in [7, 11) is 3.04. The van der Waals surface area contributed by atoms with Crippen molar-refractivity contribution in [1.29, 1.82) is 0 Å². The fourth-order valence-corrected chi connectivity index (χ4v) is 2.92. The number of methoxy groups -OCH3 is 2. The molecule has 1 aliphatic heterocycles. The molecule has 0 spiro atoms. The molecule has 26 heavy (non-hydrogen) atoms. The lowest BCUT2D eigenvalue weighted by atomic mass is 10.1. The third-order valence-electron chi connectivity index (χ3n) is 4.31. The Bertz CT molecular complexity index is 840. The molecule has 0 aromatic heterocycles. The molecule has 2 amide bonds. The Morgan fingerprint density at radius 2 is 1.96 bits per heavy atom. The van der Waals surface area contributed by atoms with Gasteiger partial charge in [-0.25, -0.2) is 4.39 Å². The maximum absolute atomic E-state index is 13.7. The largest absolute Gasteiger partial charge is 0.497 e. The predicted octanol–water partition coefficient (Wildman–Crippen LogP) is 2.83. The maximum atomic E-state index is 13.7. The fourth-order valence-electron chi connectivity index (χ4n) is 2.92. The molecule has 0 bridgehead atoms. The van der Waals surface area contributed by atoms with E-state index in [9.17, 15) is 14.0 Å². The van der Waals surface area contributed by atoms with Gasteiger partial charge in [-0.1, -0.05) is 12.1 Å².